The third kappa shape index (κ3) is 2.23. The maximum atomic E-state index is 11.2. The van der Waals surface area contributed by atoms with E-state index in [4.69, 9.17) is 4.55 Å². The fourth-order valence-electron chi connectivity index (χ4n) is 1.87. The van der Waals surface area contributed by atoms with E-state index in [9.17, 15) is 8.42 Å². The molecule has 0 atom stereocenters. The predicted octanol–water partition coefficient (Wildman–Crippen LogP) is 2.92. The monoisotopic (exact) mass is 329 g/mol. The molecule has 0 aliphatic carbocycles. The summed E-state index contributed by atoms with van der Waals surface area (Å²) in [6.45, 7) is 0. The van der Waals surface area contributed by atoms with Crippen molar-refractivity contribution >= 4 is 42.5 Å². The van der Waals surface area contributed by atoms with E-state index in [1.54, 1.807) is 12.1 Å². The minimum atomic E-state index is -4.22. The second-order valence-electron chi connectivity index (χ2n) is 4.12. The first kappa shape index (κ1) is 13.3. The number of nitrogens with zero attached hydrogens (tertiary/aromatic N) is 1. The smallest absolute Gasteiger partial charge is 0.295 e. The van der Waals surface area contributed by atoms with Crippen molar-refractivity contribution in [3.05, 3.63) is 34.8 Å². The summed E-state index contributed by atoms with van der Waals surface area (Å²) in [6.07, 6.45) is 0. The van der Waals surface area contributed by atoms with E-state index in [1.807, 2.05) is 31.1 Å². The number of hydrogen-bond acceptors (Lipinski definition) is 3. The van der Waals surface area contributed by atoms with Crippen molar-refractivity contribution in [3.8, 4) is 0 Å². The van der Waals surface area contributed by atoms with Crippen LogP contribution in [0.3, 0.4) is 0 Å². The van der Waals surface area contributed by atoms with Crippen LogP contribution < -0.4 is 4.90 Å². The van der Waals surface area contributed by atoms with Crippen molar-refractivity contribution < 1.29 is 13.0 Å². The molecule has 0 amide bonds. The van der Waals surface area contributed by atoms with Crippen LogP contribution in [0.5, 0.6) is 0 Å². The quantitative estimate of drug-likeness (QED) is 0.860. The third-order valence-electron chi connectivity index (χ3n) is 2.70. The minimum absolute atomic E-state index is 0.120. The Labute approximate surface area is 114 Å². The molecule has 18 heavy (non-hydrogen) atoms. The van der Waals surface area contributed by atoms with Crippen LogP contribution in [0, 0.1) is 0 Å². The van der Waals surface area contributed by atoms with Gasteiger partial charge in [-0.15, -0.1) is 0 Å². The first-order valence-corrected chi connectivity index (χ1v) is 7.41. The number of anilines is 1. The van der Waals surface area contributed by atoms with Gasteiger partial charge in [0.25, 0.3) is 10.1 Å². The Hall–Kier alpha value is -1.11. The molecule has 96 valence electrons. The van der Waals surface area contributed by atoms with Gasteiger partial charge in [0.2, 0.25) is 0 Å². The number of halogens is 1. The lowest BCUT2D eigenvalue weighted by Crippen LogP contribution is -2.09. The Morgan fingerprint density at radius 1 is 1.11 bits per heavy atom. The molecular weight excluding hydrogens is 318 g/mol. The van der Waals surface area contributed by atoms with E-state index in [1.165, 1.54) is 6.07 Å². The molecule has 0 spiro atoms. The molecule has 0 heterocycles. The van der Waals surface area contributed by atoms with Gasteiger partial charge in [-0.25, -0.2) is 0 Å². The highest BCUT2D eigenvalue weighted by molar-refractivity contribution is 9.10. The topological polar surface area (TPSA) is 57.6 Å². The van der Waals surface area contributed by atoms with Gasteiger partial charge >= 0.3 is 0 Å². The molecule has 6 heteroatoms. The van der Waals surface area contributed by atoms with Crippen LogP contribution >= 0.6 is 15.9 Å². The van der Waals surface area contributed by atoms with Gasteiger partial charge in [-0.1, -0.05) is 18.2 Å². The number of benzene rings is 2. The molecule has 0 fully saturated rings. The summed E-state index contributed by atoms with van der Waals surface area (Å²) in [5.74, 6) is 0. The van der Waals surface area contributed by atoms with Crippen molar-refractivity contribution in [1.82, 2.24) is 0 Å². The molecule has 0 aliphatic rings. The molecule has 0 aliphatic heterocycles. The summed E-state index contributed by atoms with van der Waals surface area (Å²) >= 11 is 3.24. The lowest BCUT2D eigenvalue weighted by molar-refractivity contribution is 0.483. The SMILES string of the molecule is CN(C)c1cccc2c(Br)c(S(=O)(=O)O)ccc12. The van der Waals surface area contributed by atoms with Crippen LogP contribution in [0.15, 0.2) is 39.7 Å². The molecule has 0 radical (unpaired) electrons. The van der Waals surface area contributed by atoms with E-state index in [0.717, 1.165) is 16.5 Å². The molecule has 0 saturated carbocycles. The fourth-order valence-corrected chi connectivity index (χ4v) is 3.54. The summed E-state index contributed by atoms with van der Waals surface area (Å²) in [5, 5.41) is 1.66. The largest absolute Gasteiger partial charge is 0.377 e. The maximum absolute atomic E-state index is 11.2. The highest BCUT2D eigenvalue weighted by atomic mass is 79.9. The Morgan fingerprint density at radius 2 is 1.78 bits per heavy atom. The van der Waals surface area contributed by atoms with E-state index in [2.05, 4.69) is 15.9 Å². The summed E-state index contributed by atoms with van der Waals surface area (Å²) in [4.78, 5) is 1.83. The zero-order chi connectivity index (χ0) is 13.5. The van der Waals surface area contributed by atoms with E-state index < -0.39 is 10.1 Å². The molecule has 0 bridgehead atoms. The second-order valence-corrected chi connectivity index (χ2v) is 6.30. The van der Waals surface area contributed by atoms with Crippen LogP contribution in [0.2, 0.25) is 0 Å². The average molecular weight is 330 g/mol. The van der Waals surface area contributed by atoms with Crippen molar-refractivity contribution in [3.63, 3.8) is 0 Å². The summed E-state index contributed by atoms with van der Waals surface area (Å²) in [7, 11) is -0.386. The van der Waals surface area contributed by atoms with Crippen molar-refractivity contribution in [2.24, 2.45) is 0 Å². The first-order chi connectivity index (χ1) is 8.32. The minimum Gasteiger partial charge on any atom is -0.377 e. The predicted molar refractivity (Wildman–Crippen MR) is 75.8 cm³/mol. The Morgan fingerprint density at radius 3 is 2.33 bits per heavy atom. The van der Waals surface area contributed by atoms with Gasteiger partial charge in [-0.05, 0) is 33.4 Å². The molecule has 1 N–H and O–H groups in total. The highest BCUT2D eigenvalue weighted by Crippen LogP contribution is 2.34. The van der Waals surface area contributed by atoms with Gasteiger partial charge in [0.1, 0.15) is 4.90 Å². The third-order valence-corrected chi connectivity index (χ3v) is 4.71. The average Bonchev–Trinajstić information content (AvgIpc) is 2.27. The molecule has 0 unspecified atom stereocenters. The van der Waals surface area contributed by atoms with Gasteiger partial charge in [0.15, 0.2) is 0 Å². The van der Waals surface area contributed by atoms with E-state index in [0.29, 0.717) is 4.47 Å². The number of rotatable bonds is 2. The zero-order valence-electron chi connectivity index (χ0n) is 9.88. The molecule has 4 nitrogen and oxygen atoms in total. The molecule has 2 aromatic rings. The summed E-state index contributed by atoms with van der Waals surface area (Å²) in [6, 6.07) is 8.69. The van der Waals surface area contributed by atoms with Crippen molar-refractivity contribution in [1.29, 1.82) is 0 Å². The lowest BCUT2D eigenvalue weighted by atomic mass is 10.1. The Balaban J connectivity index is 2.86. The first-order valence-electron chi connectivity index (χ1n) is 5.18. The lowest BCUT2D eigenvalue weighted by Gasteiger charge is -2.16. The molecule has 2 rings (SSSR count). The summed E-state index contributed by atoms with van der Waals surface area (Å²) in [5.41, 5.74) is 0.982. The molecule has 0 aromatic heterocycles. The zero-order valence-corrected chi connectivity index (χ0v) is 12.3. The van der Waals surface area contributed by atoms with Gasteiger partial charge in [0.05, 0.1) is 0 Å². The highest BCUT2D eigenvalue weighted by Gasteiger charge is 2.17. The fraction of sp³-hybridized carbons (Fsp3) is 0.167. The van der Waals surface area contributed by atoms with Crippen molar-refractivity contribution in [2.45, 2.75) is 4.90 Å². The molecule has 2 aromatic carbocycles. The normalized spacial score (nSPS) is 11.8. The van der Waals surface area contributed by atoms with Crippen LogP contribution in [0.25, 0.3) is 10.8 Å². The number of hydrogen-bond donors (Lipinski definition) is 1. The van der Waals surface area contributed by atoms with E-state index >= 15 is 0 Å². The maximum Gasteiger partial charge on any atom is 0.295 e. The van der Waals surface area contributed by atoms with Gasteiger partial charge in [-0.3, -0.25) is 4.55 Å². The number of fused-ring (bicyclic) bond motifs is 1. The summed E-state index contributed by atoms with van der Waals surface area (Å²) < 4.78 is 32.0. The van der Waals surface area contributed by atoms with Crippen LogP contribution in [-0.2, 0) is 10.1 Å². The Bertz CT molecular complexity index is 711. The second kappa shape index (κ2) is 4.53. The van der Waals surface area contributed by atoms with E-state index in [-0.39, 0.29) is 4.90 Å². The van der Waals surface area contributed by atoms with Gasteiger partial charge < -0.3 is 4.90 Å². The Kier molecular flexibility index (Phi) is 3.35. The van der Waals surface area contributed by atoms with Gasteiger partial charge in [0, 0.05) is 29.6 Å². The molecular formula is C12H12BrNO3S. The molecule has 0 saturated heterocycles. The van der Waals surface area contributed by atoms with Crippen LogP contribution in [0.4, 0.5) is 5.69 Å². The van der Waals surface area contributed by atoms with Crippen LogP contribution in [-0.4, -0.2) is 27.1 Å². The van der Waals surface area contributed by atoms with Crippen LogP contribution in [0.1, 0.15) is 0 Å². The van der Waals surface area contributed by atoms with Crippen molar-refractivity contribution in [2.75, 3.05) is 19.0 Å². The van der Waals surface area contributed by atoms with Gasteiger partial charge in [-0.2, -0.15) is 8.42 Å². The standard InChI is InChI=1S/C12H12BrNO3S/c1-14(2)10-5-3-4-9-8(10)6-7-11(12(9)13)18(15,16)17/h3-7H,1-2H3,(H,15,16,17).